The first-order valence-corrected chi connectivity index (χ1v) is 10.4. The van der Waals surface area contributed by atoms with Crippen LogP contribution in [0.1, 0.15) is 21.7 Å². The van der Waals surface area contributed by atoms with Crippen molar-refractivity contribution in [1.29, 1.82) is 0 Å². The summed E-state index contributed by atoms with van der Waals surface area (Å²) in [5.41, 5.74) is 1.28. The smallest absolute Gasteiger partial charge is 0.387 e. The van der Waals surface area contributed by atoms with Crippen LogP contribution in [0.25, 0.3) is 10.9 Å². The molecule has 0 saturated carbocycles. The van der Waals surface area contributed by atoms with Crippen LogP contribution in [-0.4, -0.2) is 34.5 Å². The minimum atomic E-state index is -3.03. The van der Waals surface area contributed by atoms with E-state index in [1.165, 1.54) is 30.2 Å². The van der Waals surface area contributed by atoms with Crippen molar-refractivity contribution in [3.05, 3.63) is 100 Å². The van der Waals surface area contributed by atoms with E-state index in [0.717, 1.165) is 5.56 Å². The zero-order valence-electron chi connectivity index (χ0n) is 18.2. The van der Waals surface area contributed by atoms with Gasteiger partial charge < -0.3 is 19.4 Å². The lowest BCUT2D eigenvalue weighted by molar-refractivity contribution is -0.0512. The molecule has 1 heterocycles. The Balaban J connectivity index is 1.69. The third-order valence-electron chi connectivity index (χ3n) is 5.13. The van der Waals surface area contributed by atoms with Gasteiger partial charge in [0.15, 0.2) is 11.5 Å². The van der Waals surface area contributed by atoms with Crippen molar-refractivity contribution in [2.45, 2.75) is 19.7 Å². The average molecular weight is 465 g/mol. The van der Waals surface area contributed by atoms with E-state index in [-0.39, 0.29) is 35.7 Å². The number of para-hydroxylation sites is 1. The van der Waals surface area contributed by atoms with Gasteiger partial charge in [-0.1, -0.05) is 42.5 Å². The predicted molar refractivity (Wildman–Crippen MR) is 122 cm³/mol. The van der Waals surface area contributed by atoms with Gasteiger partial charge in [0.2, 0.25) is 0 Å². The molecule has 0 aliphatic heterocycles. The van der Waals surface area contributed by atoms with Gasteiger partial charge >= 0.3 is 6.61 Å². The molecule has 0 spiro atoms. The Labute approximate surface area is 193 Å². The first-order chi connectivity index (χ1) is 16.4. The molecular formula is C25H21F2N3O4. The number of aromatic nitrogens is 2. The van der Waals surface area contributed by atoms with Crippen LogP contribution >= 0.6 is 0 Å². The minimum absolute atomic E-state index is 0.00282. The molecule has 0 aliphatic rings. The summed E-state index contributed by atoms with van der Waals surface area (Å²) < 4.78 is 34.9. The van der Waals surface area contributed by atoms with Crippen molar-refractivity contribution < 1.29 is 23.0 Å². The number of carbonyl (C=O) groups is 1. The van der Waals surface area contributed by atoms with E-state index in [2.05, 4.69) is 14.7 Å². The van der Waals surface area contributed by atoms with Gasteiger partial charge in [-0.25, -0.2) is 4.98 Å². The highest BCUT2D eigenvalue weighted by Gasteiger charge is 2.21. The topological polar surface area (TPSA) is 84.5 Å². The van der Waals surface area contributed by atoms with E-state index in [4.69, 9.17) is 4.74 Å². The normalized spacial score (nSPS) is 10.9. The molecule has 0 bridgehead atoms. The highest BCUT2D eigenvalue weighted by atomic mass is 19.3. The second kappa shape index (κ2) is 10.1. The molecule has 1 amide bonds. The molecule has 1 aromatic heterocycles. The van der Waals surface area contributed by atoms with E-state index in [1.807, 2.05) is 30.3 Å². The van der Waals surface area contributed by atoms with Crippen molar-refractivity contribution >= 4 is 16.8 Å². The summed E-state index contributed by atoms with van der Waals surface area (Å²) in [5.74, 6) is -0.258. The molecule has 3 aromatic carbocycles. The Morgan fingerprint density at radius 3 is 2.47 bits per heavy atom. The predicted octanol–water partition coefficient (Wildman–Crippen LogP) is 4.38. The number of aromatic amines is 1. The molecule has 0 saturated heterocycles. The van der Waals surface area contributed by atoms with E-state index in [1.54, 1.807) is 24.3 Å². The number of fused-ring (bicyclic) bond motifs is 1. The standard InChI is InChI=1S/C25H21F2N3O4/c1-33-21-13-17(11-12-20(21)34-25(26)27)24(32)30(14-16-7-3-2-4-8-16)15-22-28-19-10-6-5-9-18(19)23(31)29-22/h2-13,25H,14-15H2,1H3,(H,28,29,31). The molecule has 0 aliphatic carbocycles. The molecule has 1 N–H and O–H groups in total. The largest absolute Gasteiger partial charge is 0.493 e. The highest BCUT2D eigenvalue weighted by molar-refractivity contribution is 5.95. The summed E-state index contributed by atoms with van der Waals surface area (Å²) in [7, 11) is 1.30. The summed E-state index contributed by atoms with van der Waals surface area (Å²) >= 11 is 0. The van der Waals surface area contributed by atoms with Crippen molar-refractivity contribution in [2.75, 3.05) is 7.11 Å². The first-order valence-electron chi connectivity index (χ1n) is 10.4. The second-order valence-corrected chi connectivity index (χ2v) is 7.42. The Hall–Kier alpha value is -4.27. The van der Waals surface area contributed by atoms with Gasteiger partial charge in [-0.2, -0.15) is 8.78 Å². The average Bonchev–Trinajstić information content (AvgIpc) is 2.84. The summed E-state index contributed by atoms with van der Waals surface area (Å²) in [6, 6.07) is 20.2. The SMILES string of the molecule is COc1cc(C(=O)N(Cc2ccccc2)Cc2nc3ccccc3c(=O)[nH]2)ccc1OC(F)F. The highest BCUT2D eigenvalue weighted by Crippen LogP contribution is 2.30. The van der Waals surface area contributed by atoms with E-state index < -0.39 is 12.5 Å². The number of alkyl halides is 2. The van der Waals surface area contributed by atoms with Crippen LogP contribution in [0.15, 0.2) is 77.6 Å². The maximum Gasteiger partial charge on any atom is 0.387 e. The lowest BCUT2D eigenvalue weighted by Crippen LogP contribution is -2.31. The van der Waals surface area contributed by atoms with Crippen LogP contribution in [0.2, 0.25) is 0 Å². The van der Waals surface area contributed by atoms with Crippen molar-refractivity contribution in [3.8, 4) is 11.5 Å². The number of hydrogen-bond acceptors (Lipinski definition) is 5. The van der Waals surface area contributed by atoms with Crippen LogP contribution in [-0.2, 0) is 13.1 Å². The number of halogens is 2. The molecule has 0 fully saturated rings. The molecule has 9 heteroatoms. The van der Waals surface area contributed by atoms with E-state index in [9.17, 15) is 18.4 Å². The van der Waals surface area contributed by atoms with Gasteiger partial charge in [0.1, 0.15) is 5.82 Å². The molecule has 0 radical (unpaired) electrons. The van der Waals surface area contributed by atoms with Crippen LogP contribution in [0.5, 0.6) is 11.5 Å². The lowest BCUT2D eigenvalue weighted by Gasteiger charge is -2.23. The molecule has 0 atom stereocenters. The number of amides is 1. The summed E-state index contributed by atoms with van der Waals surface area (Å²) in [5, 5.41) is 0.451. The third-order valence-corrected chi connectivity index (χ3v) is 5.13. The Morgan fingerprint density at radius 2 is 1.74 bits per heavy atom. The zero-order valence-corrected chi connectivity index (χ0v) is 18.2. The number of carbonyl (C=O) groups excluding carboxylic acids is 1. The first kappa shape index (κ1) is 22.9. The molecule has 7 nitrogen and oxygen atoms in total. The molecule has 174 valence electrons. The Bertz CT molecular complexity index is 1360. The third kappa shape index (κ3) is 5.20. The fourth-order valence-electron chi connectivity index (χ4n) is 3.57. The fourth-order valence-corrected chi connectivity index (χ4v) is 3.57. The van der Waals surface area contributed by atoms with Crippen LogP contribution in [0.3, 0.4) is 0 Å². The Morgan fingerprint density at radius 1 is 1.00 bits per heavy atom. The summed E-state index contributed by atoms with van der Waals surface area (Å²) in [6.45, 7) is -2.78. The minimum Gasteiger partial charge on any atom is -0.493 e. The Kier molecular flexibility index (Phi) is 6.82. The van der Waals surface area contributed by atoms with Crippen LogP contribution in [0.4, 0.5) is 8.78 Å². The van der Waals surface area contributed by atoms with Gasteiger partial charge in [0, 0.05) is 12.1 Å². The van der Waals surface area contributed by atoms with Gasteiger partial charge in [0.25, 0.3) is 11.5 Å². The van der Waals surface area contributed by atoms with Gasteiger partial charge in [-0.15, -0.1) is 0 Å². The number of ether oxygens (including phenoxy) is 2. The quantitative estimate of drug-likeness (QED) is 0.418. The summed E-state index contributed by atoms with van der Waals surface area (Å²) in [4.78, 5) is 34.7. The lowest BCUT2D eigenvalue weighted by atomic mass is 10.1. The second-order valence-electron chi connectivity index (χ2n) is 7.42. The van der Waals surface area contributed by atoms with Gasteiger partial charge in [-0.05, 0) is 35.9 Å². The maximum absolute atomic E-state index is 13.5. The summed E-state index contributed by atoms with van der Waals surface area (Å²) in [6.07, 6.45) is 0. The monoisotopic (exact) mass is 465 g/mol. The van der Waals surface area contributed by atoms with Crippen LogP contribution in [0, 0.1) is 0 Å². The number of nitrogens with one attached hydrogen (secondary N) is 1. The molecule has 0 unspecified atom stereocenters. The van der Waals surface area contributed by atoms with Gasteiger partial charge in [-0.3, -0.25) is 9.59 Å². The van der Waals surface area contributed by atoms with Crippen molar-refractivity contribution in [3.63, 3.8) is 0 Å². The van der Waals surface area contributed by atoms with Crippen LogP contribution < -0.4 is 15.0 Å². The molecular weight excluding hydrogens is 444 g/mol. The molecule has 34 heavy (non-hydrogen) atoms. The number of H-pyrrole nitrogens is 1. The number of benzene rings is 3. The number of methoxy groups -OCH3 is 1. The molecule has 4 rings (SSSR count). The van der Waals surface area contributed by atoms with E-state index >= 15 is 0 Å². The molecule has 4 aromatic rings. The van der Waals surface area contributed by atoms with Crippen molar-refractivity contribution in [1.82, 2.24) is 14.9 Å². The van der Waals surface area contributed by atoms with Gasteiger partial charge in [0.05, 0.1) is 24.6 Å². The van der Waals surface area contributed by atoms with E-state index in [0.29, 0.717) is 16.7 Å². The number of rotatable bonds is 8. The maximum atomic E-state index is 13.5. The number of nitrogens with zero attached hydrogens (tertiary/aromatic N) is 2. The van der Waals surface area contributed by atoms with Crippen molar-refractivity contribution in [2.24, 2.45) is 0 Å². The zero-order chi connectivity index (χ0) is 24.1. The fraction of sp³-hybridized carbons (Fsp3) is 0.160. The number of hydrogen-bond donors (Lipinski definition) is 1.